The van der Waals surface area contributed by atoms with Gasteiger partial charge in [-0.2, -0.15) is 5.26 Å². The molecule has 1 aliphatic rings. The molecule has 1 unspecified atom stereocenters. The Hall–Kier alpha value is -2.83. The van der Waals surface area contributed by atoms with Gasteiger partial charge in [0.1, 0.15) is 16.8 Å². The van der Waals surface area contributed by atoms with E-state index in [9.17, 15) is 10.1 Å². The predicted molar refractivity (Wildman–Crippen MR) is 155 cm³/mol. The van der Waals surface area contributed by atoms with Gasteiger partial charge < -0.3 is 14.6 Å². The summed E-state index contributed by atoms with van der Waals surface area (Å²) in [6.45, 7) is 12.4. The fourth-order valence-electron chi connectivity index (χ4n) is 4.75. The first-order chi connectivity index (χ1) is 18.2. The van der Waals surface area contributed by atoms with E-state index in [-0.39, 0.29) is 17.1 Å². The molecule has 3 aromatic rings. The monoisotopic (exact) mass is 551 g/mol. The van der Waals surface area contributed by atoms with Gasteiger partial charge in [-0.1, -0.05) is 45.9 Å². The van der Waals surface area contributed by atoms with E-state index >= 15 is 0 Å². The van der Waals surface area contributed by atoms with Gasteiger partial charge in [0.2, 0.25) is 5.91 Å². The van der Waals surface area contributed by atoms with Crippen LogP contribution in [-0.2, 0) is 24.2 Å². The molecule has 2 aromatic heterocycles. The van der Waals surface area contributed by atoms with Gasteiger partial charge >= 0.3 is 0 Å². The molecule has 7 nitrogen and oxygen atoms in total. The molecule has 1 amide bonds. The maximum atomic E-state index is 12.9. The van der Waals surface area contributed by atoms with Crippen molar-refractivity contribution in [3.8, 4) is 23.2 Å². The number of rotatable bonds is 10. The SMILES string of the molecule is CCCCOc1ccc(-c2nnc(SCC(=O)Nc3sc4c(c3C#N)CCC(C(C)(C)C)C4)n2CC)cc1. The van der Waals surface area contributed by atoms with Gasteiger partial charge in [-0.15, -0.1) is 21.5 Å². The average Bonchev–Trinajstić information content (AvgIpc) is 3.47. The lowest BCUT2D eigenvalue weighted by Crippen LogP contribution is -2.26. The highest BCUT2D eigenvalue weighted by molar-refractivity contribution is 7.99. The number of nitrogens with one attached hydrogen (secondary N) is 1. The molecular weight excluding hydrogens is 514 g/mol. The highest BCUT2D eigenvalue weighted by Gasteiger charge is 2.32. The van der Waals surface area contributed by atoms with Crippen molar-refractivity contribution >= 4 is 34.0 Å². The maximum Gasteiger partial charge on any atom is 0.235 e. The summed E-state index contributed by atoms with van der Waals surface area (Å²) in [6.07, 6.45) is 5.08. The molecule has 0 aliphatic heterocycles. The minimum Gasteiger partial charge on any atom is -0.494 e. The van der Waals surface area contributed by atoms with Crippen LogP contribution >= 0.6 is 23.1 Å². The van der Waals surface area contributed by atoms with Crippen molar-refractivity contribution in [2.45, 2.75) is 78.4 Å². The second-order valence-electron chi connectivity index (χ2n) is 10.7. The molecule has 4 rings (SSSR count). The number of nitrogens with zero attached hydrogens (tertiary/aromatic N) is 4. The Morgan fingerprint density at radius 2 is 2.03 bits per heavy atom. The lowest BCUT2D eigenvalue weighted by atomic mass is 9.72. The van der Waals surface area contributed by atoms with E-state index < -0.39 is 0 Å². The van der Waals surface area contributed by atoms with Crippen molar-refractivity contribution in [3.63, 3.8) is 0 Å². The van der Waals surface area contributed by atoms with E-state index in [0.29, 0.717) is 34.8 Å². The summed E-state index contributed by atoms with van der Waals surface area (Å²) in [5.74, 6) is 2.25. The number of hydrogen-bond donors (Lipinski definition) is 1. The van der Waals surface area contributed by atoms with Crippen LogP contribution in [0.2, 0.25) is 0 Å². The van der Waals surface area contributed by atoms with Crippen LogP contribution in [-0.4, -0.2) is 33.0 Å². The molecule has 2 heterocycles. The number of nitriles is 1. The average molecular weight is 552 g/mol. The second-order valence-corrected chi connectivity index (χ2v) is 12.8. The van der Waals surface area contributed by atoms with Crippen LogP contribution in [0.25, 0.3) is 11.4 Å². The van der Waals surface area contributed by atoms with Gasteiger partial charge in [0.25, 0.3) is 0 Å². The van der Waals surface area contributed by atoms with Gasteiger partial charge in [-0.25, -0.2) is 0 Å². The van der Waals surface area contributed by atoms with Gasteiger partial charge in [0, 0.05) is 17.0 Å². The number of hydrogen-bond acceptors (Lipinski definition) is 7. The molecular formula is C29H37N5O2S2. The fraction of sp³-hybridized carbons (Fsp3) is 0.517. The second kappa shape index (κ2) is 12.4. The molecule has 1 N–H and O–H groups in total. The zero-order valence-electron chi connectivity index (χ0n) is 23.0. The molecule has 1 aliphatic carbocycles. The molecule has 0 saturated heterocycles. The summed E-state index contributed by atoms with van der Waals surface area (Å²) in [5.41, 5.74) is 2.94. The minimum absolute atomic E-state index is 0.141. The number of anilines is 1. The highest BCUT2D eigenvalue weighted by Crippen LogP contribution is 2.44. The lowest BCUT2D eigenvalue weighted by Gasteiger charge is -2.33. The van der Waals surface area contributed by atoms with Crippen molar-refractivity contribution in [2.75, 3.05) is 17.7 Å². The van der Waals surface area contributed by atoms with Crippen LogP contribution in [0.4, 0.5) is 5.00 Å². The van der Waals surface area contributed by atoms with Gasteiger partial charge in [-0.05, 0) is 73.8 Å². The largest absolute Gasteiger partial charge is 0.494 e. The van der Waals surface area contributed by atoms with Crippen molar-refractivity contribution in [1.82, 2.24) is 14.8 Å². The molecule has 9 heteroatoms. The van der Waals surface area contributed by atoms with E-state index in [2.05, 4.69) is 49.3 Å². The van der Waals surface area contributed by atoms with Crippen molar-refractivity contribution in [2.24, 2.45) is 11.3 Å². The third kappa shape index (κ3) is 6.41. The fourth-order valence-corrected chi connectivity index (χ4v) is 6.85. The van der Waals surface area contributed by atoms with Crippen LogP contribution in [0.15, 0.2) is 29.4 Å². The van der Waals surface area contributed by atoms with Crippen LogP contribution in [0.5, 0.6) is 5.75 Å². The summed E-state index contributed by atoms with van der Waals surface area (Å²) in [5, 5.41) is 23.0. The zero-order chi connectivity index (χ0) is 27.3. The Balaban J connectivity index is 1.40. The maximum absolute atomic E-state index is 12.9. The third-order valence-corrected chi connectivity index (χ3v) is 9.24. The smallest absolute Gasteiger partial charge is 0.235 e. The molecule has 0 saturated carbocycles. The normalized spacial score (nSPS) is 15.1. The number of benzene rings is 1. The van der Waals surface area contributed by atoms with Crippen molar-refractivity contribution < 1.29 is 9.53 Å². The van der Waals surface area contributed by atoms with E-state index in [1.165, 1.54) is 16.6 Å². The number of ether oxygens (including phenoxy) is 1. The number of thiophene rings is 1. The Bertz CT molecular complexity index is 1300. The number of thioether (sulfide) groups is 1. The summed E-state index contributed by atoms with van der Waals surface area (Å²) < 4.78 is 7.78. The molecule has 0 bridgehead atoms. The van der Waals surface area contributed by atoms with Crippen molar-refractivity contribution in [3.05, 3.63) is 40.3 Å². The molecule has 202 valence electrons. The topological polar surface area (TPSA) is 92.8 Å². The number of amides is 1. The quantitative estimate of drug-likeness (QED) is 0.216. The van der Waals surface area contributed by atoms with Crippen LogP contribution < -0.4 is 10.1 Å². The summed E-state index contributed by atoms with van der Waals surface area (Å²) in [4.78, 5) is 14.1. The molecule has 1 aromatic carbocycles. The Morgan fingerprint density at radius 1 is 1.26 bits per heavy atom. The number of carbonyl (C=O) groups is 1. The minimum atomic E-state index is -0.141. The molecule has 0 radical (unpaired) electrons. The summed E-state index contributed by atoms with van der Waals surface area (Å²) >= 11 is 2.92. The Kier molecular flexibility index (Phi) is 9.16. The van der Waals surface area contributed by atoms with E-state index in [1.54, 1.807) is 11.3 Å². The van der Waals surface area contributed by atoms with Crippen LogP contribution in [0.3, 0.4) is 0 Å². The van der Waals surface area contributed by atoms with Gasteiger partial charge in [0.15, 0.2) is 11.0 Å². The van der Waals surface area contributed by atoms with E-state index in [4.69, 9.17) is 4.74 Å². The van der Waals surface area contributed by atoms with Crippen LogP contribution in [0, 0.1) is 22.7 Å². The first-order valence-electron chi connectivity index (χ1n) is 13.4. The molecule has 1 atom stereocenters. The lowest BCUT2D eigenvalue weighted by molar-refractivity contribution is -0.113. The number of carbonyl (C=O) groups excluding carboxylic acids is 1. The number of unbranched alkanes of at least 4 members (excludes halogenated alkanes) is 1. The summed E-state index contributed by atoms with van der Waals surface area (Å²) in [7, 11) is 0. The molecule has 0 spiro atoms. The Labute approximate surface area is 234 Å². The Morgan fingerprint density at radius 3 is 2.68 bits per heavy atom. The number of aromatic nitrogens is 3. The van der Waals surface area contributed by atoms with E-state index in [1.807, 2.05) is 35.8 Å². The van der Waals surface area contributed by atoms with Crippen molar-refractivity contribution in [1.29, 1.82) is 5.26 Å². The van der Waals surface area contributed by atoms with Gasteiger partial charge in [-0.3, -0.25) is 4.79 Å². The first-order valence-corrected chi connectivity index (χ1v) is 15.2. The number of fused-ring (bicyclic) bond motifs is 1. The third-order valence-electron chi connectivity index (χ3n) is 7.10. The zero-order valence-corrected chi connectivity index (χ0v) is 24.6. The highest BCUT2D eigenvalue weighted by atomic mass is 32.2. The molecule has 38 heavy (non-hydrogen) atoms. The van der Waals surface area contributed by atoms with E-state index in [0.717, 1.165) is 54.8 Å². The standard InChI is InChI=1S/C29H37N5O2S2/c1-6-8-15-36-21-12-9-19(10-13-21)26-32-33-28(34(26)7-2)37-18-25(35)31-27-23(17-30)22-14-11-20(29(3,4)5)16-24(22)38-27/h9-10,12-13,20H,6-8,11,14-16,18H2,1-5H3,(H,31,35). The van der Waals surface area contributed by atoms with Gasteiger partial charge in [0.05, 0.1) is 17.9 Å². The predicted octanol–water partition coefficient (Wildman–Crippen LogP) is 6.96. The van der Waals surface area contributed by atoms with Crippen LogP contribution in [0.1, 0.15) is 69.9 Å². The summed E-state index contributed by atoms with van der Waals surface area (Å²) in [6, 6.07) is 10.2. The first kappa shape index (κ1) is 28.2. The molecule has 0 fully saturated rings.